The zero-order valence-corrected chi connectivity index (χ0v) is 18.9. The highest BCUT2D eigenvalue weighted by molar-refractivity contribution is 5.44. The fraction of sp³-hybridized carbons (Fsp3) is 0.379. The SMILES string of the molecule is c1ccc(C(O[C@@H]2CCC3CCC2N3CCc2ccc3c(c2)OCO3)c2ccccc2)cc1. The zero-order chi connectivity index (χ0) is 22.0. The highest BCUT2D eigenvalue weighted by atomic mass is 16.7. The monoisotopic (exact) mass is 441 g/mol. The molecule has 3 aliphatic rings. The van der Waals surface area contributed by atoms with E-state index in [0.29, 0.717) is 18.9 Å². The molecule has 2 unspecified atom stereocenters. The van der Waals surface area contributed by atoms with Crippen LogP contribution in [0, 0.1) is 0 Å². The molecular formula is C29H31NO3. The molecule has 3 heterocycles. The topological polar surface area (TPSA) is 30.9 Å². The second-order valence-electron chi connectivity index (χ2n) is 9.43. The Balaban J connectivity index is 1.18. The van der Waals surface area contributed by atoms with Crippen molar-refractivity contribution in [1.82, 2.24) is 4.90 Å². The normalized spacial score (nSPS) is 23.8. The van der Waals surface area contributed by atoms with Gasteiger partial charge in [0.05, 0.1) is 6.10 Å². The van der Waals surface area contributed by atoms with Crippen molar-refractivity contribution in [2.75, 3.05) is 13.3 Å². The minimum atomic E-state index is -0.0229. The third-order valence-corrected chi connectivity index (χ3v) is 7.52. The molecule has 3 aliphatic heterocycles. The van der Waals surface area contributed by atoms with E-state index >= 15 is 0 Å². The number of rotatable bonds is 7. The molecule has 2 fully saturated rings. The Kier molecular flexibility index (Phi) is 5.79. The molecule has 33 heavy (non-hydrogen) atoms. The summed E-state index contributed by atoms with van der Waals surface area (Å²) in [7, 11) is 0. The first kappa shape index (κ1) is 20.8. The van der Waals surface area contributed by atoms with Gasteiger partial charge in [-0.25, -0.2) is 0 Å². The molecule has 0 spiro atoms. The van der Waals surface area contributed by atoms with E-state index in [9.17, 15) is 0 Å². The van der Waals surface area contributed by atoms with Crippen LogP contribution in [0.4, 0.5) is 0 Å². The quantitative estimate of drug-likeness (QED) is 0.466. The van der Waals surface area contributed by atoms with Crippen LogP contribution in [0.25, 0.3) is 0 Å². The van der Waals surface area contributed by atoms with Crippen LogP contribution in [0.2, 0.25) is 0 Å². The van der Waals surface area contributed by atoms with Crippen molar-refractivity contribution in [3.8, 4) is 11.5 Å². The molecule has 0 radical (unpaired) electrons. The fourth-order valence-corrected chi connectivity index (χ4v) is 5.87. The summed E-state index contributed by atoms with van der Waals surface area (Å²) in [5.74, 6) is 1.74. The van der Waals surface area contributed by atoms with Gasteiger partial charge in [0.25, 0.3) is 0 Å². The van der Waals surface area contributed by atoms with Crippen molar-refractivity contribution in [3.05, 3.63) is 95.6 Å². The zero-order valence-electron chi connectivity index (χ0n) is 18.9. The van der Waals surface area contributed by atoms with Crippen LogP contribution in [0.5, 0.6) is 11.5 Å². The van der Waals surface area contributed by atoms with Crippen LogP contribution < -0.4 is 9.47 Å². The first-order valence-corrected chi connectivity index (χ1v) is 12.2. The van der Waals surface area contributed by atoms with Crippen LogP contribution in [0.1, 0.15) is 48.5 Å². The maximum atomic E-state index is 6.96. The number of nitrogens with zero attached hydrogens (tertiary/aromatic N) is 1. The standard InChI is InChI=1S/C29H31NO3/c1-3-7-22(8-4-1)29(23-9-5-2-6-10-23)33-26-16-13-24-12-14-25(26)30(24)18-17-21-11-15-27-28(19-21)32-20-31-27/h1-11,15,19,24-26,29H,12-14,16-18,20H2/t24?,25?,26-/m1/s1. The average Bonchev–Trinajstić information content (AvgIpc) is 3.45. The maximum Gasteiger partial charge on any atom is 0.231 e. The third-order valence-electron chi connectivity index (χ3n) is 7.52. The van der Waals surface area contributed by atoms with Gasteiger partial charge in [0.2, 0.25) is 6.79 Å². The number of hydrogen-bond donors (Lipinski definition) is 0. The molecule has 0 aliphatic carbocycles. The second kappa shape index (κ2) is 9.20. The summed E-state index contributed by atoms with van der Waals surface area (Å²) in [5, 5.41) is 0. The lowest BCUT2D eigenvalue weighted by Crippen LogP contribution is -2.49. The molecule has 4 nitrogen and oxygen atoms in total. The minimum absolute atomic E-state index is 0.0229. The summed E-state index contributed by atoms with van der Waals surface area (Å²) >= 11 is 0. The van der Waals surface area contributed by atoms with Gasteiger partial charge in [-0.1, -0.05) is 66.7 Å². The minimum Gasteiger partial charge on any atom is -0.454 e. The molecule has 0 amide bonds. The molecule has 170 valence electrons. The van der Waals surface area contributed by atoms with Crippen molar-refractivity contribution in [3.63, 3.8) is 0 Å². The van der Waals surface area contributed by atoms with Gasteiger partial charge in [-0.2, -0.15) is 0 Å². The van der Waals surface area contributed by atoms with E-state index in [-0.39, 0.29) is 12.2 Å². The van der Waals surface area contributed by atoms with E-state index in [0.717, 1.165) is 30.9 Å². The van der Waals surface area contributed by atoms with E-state index in [1.54, 1.807) is 0 Å². The highest BCUT2D eigenvalue weighted by Crippen LogP contribution is 2.40. The molecule has 0 N–H and O–H groups in total. The number of piperidine rings is 1. The summed E-state index contributed by atoms with van der Waals surface area (Å²) in [6, 6.07) is 28.9. The van der Waals surface area contributed by atoms with Gasteiger partial charge in [0, 0.05) is 18.6 Å². The van der Waals surface area contributed by atoms with Crippen LogP contribution in [-0.2, 0) is 11.2 Å². The molecule has 0 saturated carbocycles. The van der Waals surface area contributed by atoms with E-state index < -0.39 is 0 Å². The second-order valence-corrected chi connectivity index (χ2v) is 9.43. The summed E-state index contributed by atoms with van der Waals surface area (Å²) < 4.78 is 18.0. The Morgan fingerprint density at radius 3 is 2.24 bits per heavy atom. The highest BCUT2D eigenvalue weighted by Gasteiger charge is 2.43. The Hall–Kier alpha value is -2.82. The van der Waals surface area contributed by atoms with Crippen molar-refractivity contribution in [2.45, 2.75) is 56.4 Å². The molecule has 3 atom stereocenters. The van der Waals surface area contributed by atoms with Gasteiger partial charge in [0.15, 0.2) is 11.5 Å². The summed E-state index contributed by atoms with van der Waals surface area (Å²) in [6.45, 7) is 1.40. The lowest BCUT2D eigenvalue weighted by atomic mass is 9.96. The first-order valence-electron chi connectivity index (χ1n) is 12.2. The first-order chi connectivity index (χ1) is 16.3. The predicted molar refractivity (Wildman–Crippen MR) is 129 cm³/mol. The van der Waals surface area contributed by atoms with E-state index in [4.69, 9.17) is 14.2 Å². The Bertz CT molecular complexity index is 1030. The molecule has 3 aromatic rings. The van der Waals surface area contributed by atoms with E-state index in [2.05, 4.69) is 77.7 Å². The van der Waals surface area contributed by atoms with Gasteiger partial charge in [-0.3, -0.25) is 4.90 Å². The number of hydrogen-bond acceptors (Lipinski definition) is 4. The summed E-state index contributed by atoms with van der Waals surface area (Å²) in [5.41, 5.74) is 3.78. The Morgan fingerprint density at radius 1 is 0.788 bits per heavy atom. The molecule has 3 aromatic carbocycles. The maximum absolute atomic E-state index is 6.96. The molecule has 4 heteroatoms. The van der Waals surface area contributed by atoms with Crippen molar-refractivity contribution < 1.29 is 14.2 Å². The number of ether oxygens (including phenoxy) is 3. The third kappa shape index (κ3) is 4.25. The number of fused-ring (bicyclic) bond motifs is 3. The van der Waals surface area contributed by atoms with E-state index in [1.165, 1.54) is 36.0 Å². The van der Waals surface area contributed by atoms with Crippen molar-refractivity contribution in [1.29, 1.82) is 0 Å². The smallest absolute Gasteiger partial charge is 0.231 e. The van der Waals surface area contributed by atoms with E-state index in [1.807, 2.05) is 6.07 Å². The molecular weight excluding hydrogens is 410 g/mol. The average molecular weight is 442 g/mol. The largest absolute Gasteiger partial charge is 0.454 e. The van der Waals surface area contributed by atoms with Crippen molar-refractivity contribution in [2.24, 2.45) is 0 Å². The molecule has 2 saturated heterocycles. The van der Waals surface area contributed by atoms with Crippen LogP contribution >= 0.6 is 0 Å². The van der Waals surface area contributed by atoms with Gasteiger partial charge in [0.1, 0.15) is 6.10 Å². The van der Waals surface area contributed by atoms with Gasteiger partial charge in [-0.15, -0.1) is 0 Å². The predicted octanol–water partition coefficient (Wildman–Crippen LogP) is 5.76. The van der Waals surface area contributed by atoms with Gasteiger partial charge >= 0.3 is 0 Å². The molecule has 6 rings (SSSR count). The fourth-order valence-electron chi connectivity index (χ4n) is 5.87. The number of benzene rings is 3. The van der Waals surface area contributed by atoms with Crippen molar-refractivity contribution >= 4 is 0 Å². The van der Waals surface area contributed by atoms with Gasteiger partial charge < -0.3 is 14.2 Å². The summed E-state index contributed by atoms with van der Waals surface area (Å²) in [6.07, 6.45) is 6.14. The lowest BCUT2D eigenvalue weighted by molar-refractivity contribution is -0.0657. The van der Waals surface area contributed by atoms with Crippen LogP contribution in [0.3, 0.4) is 0 Å². The Labute approximate surface area is 196 Å². The Morgan fingerprint density at radius 2 is 1.48 bits per heavy atom. The molecule has 0 aromatic heterocycles. The lowest BCUT2D eigenvalue weighted by Gasteiger charge is -2.41. The molecule has 2 bridgehead atoms. The summed E-state index contributed by atoms with van der Waals surface area (Å²) in [4.78, 5) is 2.73. The van der Waals surface area contributed by atoms with Gasteiger partial charge in [-0.05, 0) is 60.9 Å². The van der Waals surface area contributed by atoms with Crippen LogP contribution in [0.15, 0.2) is 78.9 Å². The van der Waals surface area contributed by atoms with Crippen LogP contribution in [-0.4, -0.2) is 36.4 Å².